The molecule has 3 nitrogen and oxygen atoms in total. The predicted octanol–water partition coefficient (Wildman–Crippen LogP) is 3.46. The van der Waals surface area contributed by atoms with Gasteiger partial charge in [-0.25, -0.2) is 0 Å². The van der Waals surface area contributed by atoms with Crippen molar-refractivity contribution in [1.29, 1.82) is 0 Å². The van der Waals surface area contributed by atoms with Crippen LogP contribution >= 0.6 is 23.5 Å². The zero-order valence-electron chi connectivity index (χ0n) is 12.6. The van der Waals surface area contributed by atoms with Gasteiger partial charge in [0, 0.05) is 52.6 Å². The number of benzene rings is 1. The number of aromatic amines is 1. The van der Waals surface area contributed by atoms with Crippen LogP contribution in [0.15, 0.2) is 30.5 Å². The minimum Gasteiger partial charge on any atom is -0.361 e. The number of H-pyrrole nitrogens is 1. The molecule has 2 N–H and O–H groups in total. The van der Waals surface area contributed by atoms with E-state index in [0.717, 1.165) is 25.1 Å². The summed E-state index contributed by atoms with van der Waals surface area (Å²) in [4.78, 5) is 15.2. The number of carbonyl (C=O) groups is 1. The van der Waals surface area contributed by atoms with Gasteiger partial charge in [-0.3, -0.25) is 4.79 Å². The predicted molar refractivity (Wildman–Crippen MR) is 97.8 cm³/mol. The number of fused-ring (bicyclic) bond motifs is 1. The average Bonchev–Trinajstić information content (AvgIpc) is 2.96. The molecule has 1 unspecified atom stereocenters. The summed E-state index contributed by atoms with van der Waals surface area (Å²) in [6.07, 6.45) is 4.74. The molecule has 0 saturated carbocycles. The Balaban J connectivity index is 1.39. The van der Waals surface area contributed by atoms with Gasteiger partial charge < -0.3 is 10.3 Å². The smallest absolute Gasteiger partial charge is 0.221 e. The van der Waals surface area contributed by atoms with E-state index in [1.165, 1.54) is 28.0 Å². The van der Waals surface area contributed by atoms with Crippen molar-refractivity contribution >= 4 is 40.3 Å². The topological polar surface area (TPSA) is 44.9 Å². The van der Waals surface area contributed by atoms with Crippen LogP contribution in [-0.2, 0) is 11.2 Å². The van der Waals surface area contributed by atoms with Gasteiger partial charge in [-0.15, -0.1) is 0 Å². The minimum absolute atomic E-state index is 0.207. The van der Waals surface area contributed by atoms with Crippen molar-refractivity contribution in [2.24, 2.45) is 0 Å². The van der Waals surface area contributed by atoms with E-state index in [2.05, 4.69) is 34.7 Å². The first kappa shape index (κ1) is 15.8. The lowest BCUT2D eigenvalue weighted by atomic mass is 10.1. The van der Waals surface area contributed by atoms with Crippen molar-refractivity contribution in [3.05, 3.63) is 36.0 Å². The molecular weight excluding hydrogens is 312 g/mol. The minimum atomic E-state index is 0.207. The molecule has 0 bridgehead atoms. The molecule has 0 aliphatic carbocycles. The molecule has 118 valence electrons. The zero-order valence-corrected chi connectivity index (χ0v) is 14.3. The van der Waals surface area contributed by atoms with E-state index in [0.29, 0.717) is 11.7 Å². The highest BCUT2D eigenvalue weighted by Crippen LogP contribution is 2.26. The molecule has 1 aliphatic heterocycles. The van der Waals surface area contributed by atoms with Crippen LogP contribution in [0, 0.1) is 0 Å². The van der Waals surface area contributed by atoms with Crippen molar-refractivity contribution in [2.45, 2.75) is 24.5 Å². The largest absolute Gasteiger partial charge is 0.361 e. The van der Waals surface area contributed by atoms with E-state index < -0.39 is 0 Å². The van der Waals surface area contributed by atoms with E-state index in [1.54, 1.807) is 0 Å². The van der Waals surface area contributed by atoms with E-state index in [4.69, 9.17) is 0 Å². The summed E-state index contributed by atoms with van der Waals surface area (Å²) in [6.45, 7) is 0.767. The molecule has 1 aromatic carbocycles. The molecule has 3 rings (SSSR count). The van der Waals surface area contributed by atoms with E-state index in [1.807, 2.05) is 29.6 Å². The highest BCUT2D eigenvalue weighted by Gasteiger charge is 2.17. The van der Waals surface area contributed by atoms with E-state index in [-0.39, 0.29) is 5.91 Å². The van der Waals surface area contributed by atoms with Gasteiger partial charge in [-0.2, -0.15) is 23.5 Å². The van der Waals surface area contributed by atoms with Gasteiger partial charge in [0.05, 0.1) is 0 Å². The van der Waals surface area contributed by atoms with Crippen molar-refractivity contribution in [3.63, 3.8) is 0 Å². The molecule has 1 atom stereocenters. The first-order valence-electron chi connectivity index (χ1n) is 7.84. The summed E-state index contributed by atoms with van der Waals surface area (Å²) in [5, 5.41) is 4.87. The van der Waals surface area contributed by atoms with Crippen LogP contribution in [0.1, 0.15) is 18.4 Å². The van der Waals surface area contributed by atoms with Crippen molar-refractivity contribution in [1.82, 2.24) is 10.3 Å². The lowest BCUT2D eigenvalue weighted by Crippen LogP contribution is -2.29. The fourth-order valence-electron chi connectivity index (χ4n) is 2.78. The Bertz CT molecular complexity index is 620. The molecule has 1 saturated heterocycles. The fourth-order valence-corrected chi connectivity index (χ4v) is 5.46. The lowest BCUT2D eigenvalue weighted by Gasteiger charge is -2.20. The quantitative estimate of drug-likeness (QED) is 0.795. The number of hydrogen-bond acceptors (Lipinski definition) is 3. The molecule has 1 aliphatic rings. The van der Waals surface area contributed by atoms with Gasteiger partial charge >= 0.3 is 0 Å². The van der Waals surface area contributed by atoms with Crippen LogP contribution in [-0.4, -0.2) is 39.9 Å². The summed E-state index contributed by atoms with van der Waals surface area (Å²) in [5.41, 5.74) is 2.53. The number of rotatable bonds is 6. The SMILES string of the molecule is O=C(CC1CSCCS1)NCCCc1c[nH]c2ccccc12. The lowest BCUT2D eigenvalue weighted by molar-refractivity contribution is -0.120. The van der Waals surface area contributed by atoms with Crippen LogP contribution in [0.2, 0.25) is 0 Å². The monoisotopic (exact) mass is 334 g/mol. The van der Waals surface area contributed by atoms with Crippen LogP contribution in [0.3, 0.4) is 0 Å². The van der Waals surface area contributed by atoms with E-state index >= 15 is 0 Å². The molecule has 22 heavy (non-hydrogen) atoms. The molecule has 1 amide bonds. The van der Waals surface area contributed by atoms with Gasteiger partial charge in [0.25, 0.3) is 0 Å². The number of aryl methyl sites for hydroxylation is 1. The number of thioether (sulfide) groups is 2. The van der Waals surface area contributed by atoms with Crippen molar-refractivity contribution in [2.75, 3.05) is 23.8 Å². The van der Waals surface area contributed by atoms with Crippen LogP contribution in [0.4, 0.5) is 0 Å². The molecule has 5 heteroatoms. The second-order valence-electron chi connectivity index (χ2n) is 5.58. The first-order chi connectivity index (χ1) is 10.8. The Labute approximate surface area is 140 Å². The van der Waals surface area contributed by atoms with Gasteiger partial charge in [0.2, 0.25) is 5.91 Å². The molecule has 0 spiro atoms. The fraction of sp³-hybridized carbons (Fsp3) is 0.471. The summed E-state index contributed by atoms with van der Waals surface area (Å²) in [7, 11) is 0. The van der Waals surface area contributed by atoms with Crippen molar-refractivity contribution in [3.8, 4) is 0 Å². The second kappa shape index (κ2) is 7.97. The Morgan fingerprint density at radius 1 is 1.32 bits per heavy atom. The third kappa shape index (κ3) is 4.23. The number of nitrogens with one attached hydrogen (secondary N) is 2. The summed E-state index contributed by atoms with van der Waals surface area (Å²) in [5.74, 6) is 3.74. The van der Waals surface area contributed by atoms with Crippen molar-refractivity contribution < 1.29 is 4.79 Å². The molecule has 0 radical (unpaired) electrons. The third-order valence-electron chi connectivity index (χ3n) is 3.92. The van der Waals surface area contributed by atoms with Crippen LogP contribution < -0.4 is 5.32 Å². The maximum Gasteiger partial charge on any atom is 0.221 e. The number of aromatic nitrogens is 1. The molecule has 2 aromatic rings. The third-order valence-corrected chi connectivity index (χ3v) is 6.76. The Kier molecular flexibility index (Phi) is 5.73. The standard InChI is InChI=1S/C17H22N2OS2/c20-17(10-14-12-21-8-9-22-14)18-7-3-4-13-11-19-16-6-2-1-5-15(13)16/h1-2,5-6,11,14,19H,3-4,7-10,12H2,(H,18,20). The molecular formula is C17H22N2OS2. The number of amides is 1. The maximum absolute atomic E-state index is 11.9. The van der Waals surface area contributed by atoms with Gasteiger partial charge in [-0.1, -0.05) is 18.2 Å². The zero-order chi connectivity index (χ0) is 15.2. The maximum atomic E-state index is 11.9. The van der Waals surface area contributed by atoms with Gasteiger partial charge in [0.15, 0.2) is 0 Å². The Hall–Kier alpha value is -1.07. The number of carbonyl (C=O) groups excluding carboxylic acids is 1. The summed E-state index contributed by atoms with van der Waals surface area (Å²) < 4.78 is 0. The highest BCUT2D eigenvalue weighted by molar-refractivity contribution is 8.06. The normalized spacial score (nSPS) is 18.5. The Morgan fingerprint density at radius 2 is 2.23 bits per heavy atom. The first-order valence-corrected chi connectivity index (χ1v) is 10.0. The van der Waals surface area contributed by atoms with Gasteiger partial charge in [-0.05, 0) is 24.5 Å². The summed E-state index contributed by atoms with van der Waals surface area (Å²) >= 11 is 3.91. The average molecular weight is 335 g/mol. The Morgan fingerprint density at radius 3 is 3.09 bits per heavy atom. The van der Waals surface area contributed by atoms with Crippen LogP contribution in [0.25, 0.3) is 10.9 Å². The molecule has 2 heterocycles. The number of para-hydroxylation sites is 1. The molecule has 1 fully saturated rings. The second-order valence-corrected chi connectivity index (χ2v) is 8.14. The van der Waals surface area contributed by atoms with Crippen LogP contribution in [0.5, 0.6) is 0 Å². The number of hydrogen-bond donors (Lipinski definition) is 2. The summed E-state index contributed by atoms with van der Waals surface area (Å²) in [6, 6.07) is 8.36. The van der Waals surface area contributed by atoms with Gasteiger partial charge in [0.1, 0.15) is 0 Å². The molecule has 1 aromatic heterocycles. The van der Waals surface area contributed by atoms with E-state index in [9.17, 15) is 4.79 Å². The highest BCUT2D eigenvalue weighted by atomic mass is 32.2.